The molecule has 21 nitrogen and oxygen atoms in total. The number of aliphatic hydroxyl groups excluding tert-OH is 11. The van der Waals surface area contributed by atoms with E-state index in [1.807, 2.05) is 13.8 Å². The molecule has 13 N–H and O–H groups in total. The van der Waals surface area contributed by atoms with Crippen molar-refractivity contribution in [2.75, 3.05) is 13.2 Å². The second-order valence-electron chi connectivity index (χ2n) is 23.7. The minimum Gasteiger partial charge on any atom is -0.481 e. The summed E-state index contributed by atoms with van der Waals surface area (Å²) in [5.74, 6) is -3.33. The number of fused-ring (bicyclic) bond motifs is 7. The molecule has 5 aliphatic carbocycles. The number of allylic oxidation sites excluding steroid dienone is 2. The minimum atomic E-state index is -2.01. The van der Waals surface area contributed by atoms with E-state index in [2.05, 4.69) is 40.7 Å². The number of carboxylic acids is 2. The summed E-state index contributed by atoms with van der Waals surface area (Å²) in [4.78, 5) is 26.1. The van der Waals surface area contributed by atoms with Gasteiger partial charge in [0.1, 0.15) is 72.6 Å². The summed E-state index contributed by atoms with van der Waals surface area (Å²) in [6, 6.07) is 0. The number of carbonyl (C=O) groups is 2. The van der Waals surface area contributed by atoms with Crippen LogP contribution in [0.2, 0.25) is 0 Å². The third kappa shape index (κ3) is 8.07. The topological polar surface area (TPSA) is 353 Å². The quantitative estimate of drug-likeness (QED) is 0.0897. The summed E-state index contributed by atoms with van der Waals surface area (Å²) < 4.78 is 36.0. The first-order valence-corrected chi connectivity index (χ1v) is 24.5. The third-order valence-electron chi connectivity index (χ3n) is 19.5. The Balaban J connectivity index is 1.05. The van der Waals surface area contributed by atoms with Gasteiger partial charge in [-0.05, 0) is 96.2 Å². The fourth-order valence-electron chi connectivity index (χ4n) is 15.3. The lowest BCUT2D eigenvalue weighted by atomic mass is 9.33. The predicted molar refractivity (Wildman–Crippen MR) is 234 cm³/mol. The predicted octanol–water partition coefficient (Wildman–Crippen LogP) is -1.26. The van der Waals surface area contributed by atoms with Crippen molar-refractivity contribution in [1.82, 2.24) is 0 Å². The largest absolute Gasteiger partial charge is 0.481 e. The van der Waals surface area contributed by atoms with Crippen LogP contribution in [0.25, 0.3) is 0 Å². The fourth-order valence-corrected chi connectivity index (χ4v) is 15.3. The van der Waals surface area contributed by atoms with Gasteiger partial charge >= 0.3 is 11.9 Å². The van der Waals surface area contributed by atoms with Crippen molar-refractivity contribution in [3.05, 3.63) is 11.6 Å². The summed E-state index contributed by atoms with van der Waals surface area (Å²) >= 11 is 0. The number of ether oxygens (including phenoxy) is 6. The van der Waals surface area contributed by atoms with E-state index in [1.165, 1.54) is 0 Å². The van der Waals surface area contributed by atoms with Crippen LogP contribution in [0.5, 0.6) is 0 Å². The van der Waals surface area contributed by atoms with Crippen LogP contribution in [0.1, 0.15) is 99.8 Å². The smallest absolute Gasteiger partial charge is 0.335 e. The van der Waals surface area contributed by atoms with E-state index in [4.69, 9.17) is 28.4 Å². The molecule has 7 fully saturated rings. The molecule has 0 aromatic rings. The van der Waals surface area contributed by atoms with Gasteiger partial charge in [-0.25, -0.2) is 4.79 Å². The maximum atomic E-state index is 13.8. The number of aliphatic carboxylic acids is 2. The molecule has 8 aliphatic rings. The molecule has 69 heavy (non-hydrogen) atoms. The Bertz CT molecular complexity index is 1950. The molecule has 0 bridgehead atoms. The van der Waals surface area contributed by atoms with E-state index >= 15 is 0 Å². The summed E-state index contributed by atoms with van der Waals surface area (Å²) in [6.07, 6.45) is -22.7. The highest BCUT2D eigenvalue weighted by molar-refractivity contribution is 5.78. The maximum Gasteiger partial charge on any atom is 0.335 e. The molecule has 0 aromatic carbocycles. The molecule has 3 aliphatic heterocycles. The molecule has 8 rings (SSSR count). The Kier molecular flexibility index (Phi) is 14.2. The first-order chi connectivity index (χ1) is 32.1. The van der Waals surface area contributed by atoms with Crippen LogP contribution in [0.15, 0.2) is 11.6 Å². The van der Waals surface area contributed by atoms with Gasteiger partial charge in [0.15, 0.2) is 25.0 Å². The van der Waals surface area contributed by atoms with Crippen LogP contribution in [-0.2, 0) is 38.0 Å². The van der Waals surface area contributed by atoms with E-state index in [1.54, 1.807) is 0 Å². The number of hydrogen-bond donors (Lipinski definition) is 13. The molecule has 0 spiro atoms. The molecule has 21 heteroatoms. The lowest BCUT2D eigenvalue weighted by molar-refractivity contribution is -0.374. The van der Waals surface area contributed by atoms with E-state index in [0.717, 1.165) is 5.57 Å². The maximum absolute atomic E-state index is 13.8. The van der Waals surface area contributed by atoms with Gasteiger partial charge < -0.3 is 94.8 Å². The van der Waals surface area contributed by atoms with Crippen LogP contribution < -0.4 is 0 Å². The summed E-state index contributed by atoms with van der Waals surface area (Å²) in [7, 11) is 0. The fraction of sp³-hybridized carbons (Fsp3) is 0.917. The standard InChI is InChI=1S/C48H76O21/c1-43(2)14-20-19-8-9-24-45(5)12-11-26(66-41-37(33(57)32(56)36(68-41)38(60)61)69-40-35(59)31(55)29(53)22(18-50)65-40)44(3,4)23(45)10-13-46(24,6)47(19,7)15-25(51)48(20,42(62)63)16-27(43)67-39-34(58)30(54)28(52)21(17-49)64-39/h8,20-37,39-41,49-59H,9-18H2,1-7H3,(H,60,61)(H,62,63). The van der Waals surface area contributed by atoms with E-state index in [0.29, 0.717) is 38.5 Å². The van der Waals surface area contributed by atoms with Crippen LogP contribution in [0.4, 0.5) is 0 Å². The molecule has 0 amide bonds. The summed E-state index contributed by atoms with van der Waals surface area (Å²) in [6.45, 7) is 13.2. The Morgan fingerprint density at radius 1 is 0.623 bits per heavy atom. The Hall–Kier alpha value is -2.00. The van der Waals surface area contributed by atoms with Crippen molar-refractivity contribution in [2.24, 2.45) is 50.2 Å². The van der Waals surface area contributed by atoms with Crippen molar-refractivity contribution in [3.63, 3.8) is 0 Å². The second-order valence-corrected chi connectivity index (χ2v) is 23.7. The molecule has 25 atom stereocenters. The van der Waals surface area contributed by atoms with Gasteiger partial charge in [-0.15, -0.1) is 0 Å². The lowest BCUT2D eigenvalue weighted by Crippen LogP contribution is -2.69. The molecule has 0 aromatic heterocycles. The van der Waals surface area contributed by atoms with Gasteiger partial charge in [-0.3, -0.25) is 4.79 Å². The van der Waals surface area contributed by atoms with Crippen LogP contribution in [-0.4, -0.2) is 202 Å². The summed E-state index contributed by atoms with van der Waals surface area (Å²) in [5.41, 5.74) is -3.52. The number of carboxylic acid groups (broad SMARTS) is 2. The molecule has 25 unspecified atom stereocenters. The minimum absolute atomic E-state index is 0.0138. The summed E-state index contributed by atoms with van der Waals surface area (Å²) in [5, 5.41) is 139. The van der Waals surface area contributed by atoms with Crippen molar-refractivity contribution in [2.45, 2.75) is 210 Å². The Labute approximate surface area is 400 Å². The van der Waals surface area contributed by atoms with Gasteiger partial charge in [0, 0.05) is 0 Å². The zero-order valence-electron chi connectivity index (χ0n) is 40.4. The van der Waals surface area contributed by atoms with Crippen molar-refractivity contribution in [1.29, 1.82) is 0 Å². The average Bonchev–Trinajstić information content (AvgIpc) is 3.27. The van der Waals surface area contributed by atoms with E-state index < -0.39 is 169 Å². The zero-order valence-corrected chi connectivity index (χ0v) is 40.4. The third-order valence-corrected chi connectivity index (χ3v) is 19.5. The first kappa shape index (κ1) is 53.3. The lowest BCUT2D eigenvalue weighted by Gasteiger charge is -2.72. The van der Waals surface area contributed by atoms with Gasteiger partial charge in [-0.2, -0.15) is 0 Å². The van der Waals surface area contributed by atoms with Gasteiger partial charge in [0.05, 0.1) is 31.5 Å². The van der Waals surface area contributed by atoms with Crippen LogP contribution in [0.3, 0.4) is 0 Å². The van der Waals surface area contributed by atoms with Gasteiger partial charge in [0.25, 0.3) is 0 Å². The van der Waals surface area contributed by atoms with Crippen molar-refractivity contribution >= 4 is 11.9 Å². The zero-order chi connectivity index (χ0) is 50.9. The average molecular weight is 989 g/mol. The van der Waals surface area contributed by atoms with Crippen LogP contribution in [0, 0.1) is 50.2 Å². The highest BCUT2D eigenvalue weighted by Crippen LogP contribution is 2.76. The van der Waals surface area contributed by atoms with E-state index in [9.17, 15) is 76.0 Å². The normalized spacial score (nSPS) is 53.7. The Morgan fingerprint density at radius 3 is 1.74 bits per heavy atom. The second kappa shape index (κ2) is 18.4. The highest BCUT2D eigenvalue weighted by Gasteiger charge is 2.73. The first-order valence-electron chi connectivity index (χ1n) is 24.5. The number of rotatable bonds is 10. The molecule has 3 heterocycles. The molecule has 394 valence electrons. The molecular weight excluding hydrogens is 913 g/mol. The van der Waals surface area contributed by atoms with Gasteiger partial charge in [0.2, 0.25) is 0 Å². The van der Waals surface area contributed by atoms with Crippen molar-refractivity contribution in [3.8, 4) is 0 Å². The monoisotopic (exact) mass is 988 g/mol. The SMILES string of the molecule is CC1(C)CC2C3=CCC4C5(C)CCC(OC6OC(C(=O)O)C(O)C(O)C6OC6OC(CO)C(O)C(O)C6O)C(C)(C)C5CCC4(C)C3(C)CC(O)C2(C(=O)O)CC1OC1OC(CO)C(O)C(O)C1O. The van der Waals surface area contributed by atoms with E-state index in [-0.39, 0.29) is 30.1 Å². The Morgan fingerprint density at radius 2 is 1.19 bits per heavy atom. The highest BCUT2D eigenvalue weighted by atomic mass is 16.8. The van der Waals surface area contributed by atoms with Crippen molar-refractivity contribution < 1.29 is 104 Å². The molecular formula is C48H76O21. The van der Waals surface area contributed by atoms with Gasteiger partial charge in [-0.1, -0.05) is 60.1 Å². The molecule has 3 saturated heterocycles. The number of aliphatic hydroxyl groups is 11. The van der Waals surface area contributed by atoms with Crippen LogP contribution >= 0.6 is 0 Å². The molecule has 4 saturated carbocycles. The number of hydrogen-bond acceptors (Lipinski definition) is 19. The molecule has 0 radical (unpaired) electrons.